The van der Waals surface area contributed by atoms with Gasteiger partial charge in [-0.2, -0.15) is 0 Å². The molecule has 0 fully saturated rings. The first kappa shape index (κ1) is 6.11. The molecule has 0 aromatic carbocycles. The maximum Gasteiger partial charge on any atom is 0.0236 e. The van der Waals surface area contributed by atoms with E-state index in [1.807, 2.05) is 18.4 Å². The van der Waals surface area contributed by atoms with Crippen LogP contribution in [0.2, 0.25) is 0 Å². The third kappa shape index (κ3) is 1.49. The molecule has 44 valence electrons. The summed E-state index contributed by atoms with van der Waals surface area (Å²) >= 11 is 3.40. The van der Waals surface area contributed by atoms with Crippen molar-refractivity contribution in [3.05, 3.63) is 23.8 Å². The fraction of sp³-hybridized carbons (Fsp3) is 0.200. The van der Waals surface area contributed by atoms with Gasteiger partial charge in [-0.3, -0.25) is 3.71 Å². The Bertz CT molecular complexity index is 120. The number of hydrogen-bond acceptors (Lipinski definition) is 3. The normalized spacial score (nSPS) is 17.4. The molecule has 0 unspecified atom stereocenters. The fourth-order valence-corrected chi connectivity index (χ4v) is 1.51. The molecule has 1 rings (SSSR count). The minimum Gasteiger partial charge on any atom is -0.262 e. The van der Waals surface area contributed by atoms with Crippen LogP contribution in [0.3, 0.4) is 0 Å². The minimum atomic E-state index is 1.69. The van der Waals surface area contributed by atoms with Gasteiger partial charge in [0, 0.05) is 12.5 Å². The Kier molecular flexibility index (Phi) is 2.36. The predicted molar refractivity (Wildman–Crippen MR) is 41.2 cm³/mol. The van der Waals surface area contributed by atoms with Crippen LogP contribution in [-0.4, -0.2) is 9.97 Å². The standard InChI is InChI=1S/C5H7NS2/c1-7-6-4-2-3-5-8-6/h2-5H,1H3. The second-order valence-electron chi connectivity index (χ2n) is 1.24. The number of rotatable bonds is 1. The lowest BCUT2D eigenvalue weighted by atomic mass is 10.6. The van der Waals surface area contributed by atoms with Gasteiger partial charge in [-0.1, -0.05) is 6.08 Å². The SMILES string of the molecule is CSN1C=CC=CS1. The van der Waals surface area contributed by atoms with Gasteiger partial charge >= 0.3 is 0 Å². The van der Waals surface area contributed by atoms with E-state index < -0.39 is 0 Å². The Labute approximate surface area is 58.1 Å². The summed E-state index contributed by atoms with van der Waals surface area (Å²) in [4.78, 5) is 0. The Balaban J connectivity index is 2.40. The molecule has 0 atom stereocenters. The molecule has 0 aromatic rings. The van der Waals surface area contributed by atoms with Gasteiger partial charge in [-0.25, -0.2) is 0 Å². The zero-order valence-corrected chi connectivity index (χ0v) is 6.21. The molecule has 1 nitrogen and oxygen atoms in total. The molecule has 0 radical (unpaired) electrons. The topological polar surface area (TPSA) is 3.24 Å². The average Bonchev–Trinajstić information content (AvgIpc) is 1.90. The summed E-state index contributed by atoms with van der Waals surface area (Å²) in [5, 5.41) is 2.05. The molecule has 8 heavy (non-hydrogen) atoms. The maximum absolute atomic E-state index is 2.08. The molecule has 1 aliphatic heterocycles. The van der Waals surface area contributed by atoms with Gasteiger partial charge in [0.1, 0.15) is 0 Å². The van der Waals surface area contributed by atoms with Gasteiger partial charge in [0.2, 0.25) is 0 Å². The van der Waals surface area contributed by atoms with Crippen LogP contribution >= 0.6 is 23.9 Å². The van der Waals surface area contributed by atoms with Gasteiger partial charge in [0.05, 0.1) is 0 Å². The molecular formula is C5H7NS2. The van der Waals surface area contributed by atoms with Gasteiger partial charge < -0.3 is 0 Å². The van der Waals surface area contributed by atoms with Crippen LogP contribution in [0.15, 0.2) is 23.8 Å². The van der Waals surface area contributed by atoms with E-state index in [-0.39, 0.29) is 0 Å². The molecule has 1 aliphatic rings. The summed E-state index contributed by atoms with van der Waals surface area (Å²) in [5.74, 6) is 0. The summed E-state index contributed by atoms with van der Waals surface area (Å²) < 4.78 is 2.08. The van der Waals surface area contributed by atoms with Crippen molar-refractivity contribution in [2.45, 2.75) is 0 Å². The Morgan fingerprint density at radius 2 is 2.38 bits per heavy atom. The second-order valence-corrected chi connectivity index (χ2v) is 3.11. The van der Waals surface area contributed by atoms with E-state index in [0.717, 1.165) is 0 Å². The Morgan fingerprint density at radius 3 is 2.75 bits per heavy atom. The number of nitrogens with zero attached hydrogens (tertiary/aromatic N) is 1. The molecule has 1 heterocycles. The number of allylic oxidation sites excluding steroid dienone is 2. The van der Waals surface area contributed by atoms with E-state index in [1.54, 1.807) is 23.9 Å². The molecule has 0 aliphatic carbocycles. The summed E-state index contributed by atoms with van der Waals surface area (Å²) in [6, 6.07) is 0. The van der Waals surface area contributed by atoms with Crippen LogP contribution < -0.4 is 0 Å². The molecule has 0 saturated heterocycles. The monoisotopic (exact) mass is 145 g/mol. The molecule has 0 amide bonds. The van der Waals surface area contributed by atoms with Crippen LogP contribution in [0.5, 0.6) is 0 Å². The second kappa shape index (κ2) is 3.10. The zero-order valence-electron chi connectivity index (χ0n) is 4.57. The van der Waals surface area contributed by atoms with Crippen LogP contribution in [0.1, 0.15) is 0 Å². The Morgan fingerprint density at radius 1 is 1.50 bits per heavy atom. The highest BCUT2D eigenvalue weighted by molar-refractivity contribution is 8.13. The van der Waals surface area contributed by atoms with E-state index >= 15 is 0 Å². The van der Waals surface area contributed by atoms with Gasteiger partial charge in [-0.15, -0.1) is 0 Å². The third-order valence-electron chi connectivity index (χ3n) is 0.742. The lowest BCUT2D eigenvalue weighted by Gasteiger charge is -2.13. The van der Waals surface area contributed by atoms with E-state index in [0.29, 0.717) is 0 Å². The quantitative estimate of drug-likeness (QED) is 0.521. The summed E-state index contributed by atoms with van der Waals surface area (Å²) in [6.45, 7) is 0. The number of hydrogen-bond donors (Lipinski definition) is 0. The highest BCUT2D eigenvalue weighted by atomic mass is 32.2. The largest absolute Gasteiger partial charge is 0.262 e. The van der Waals surface area contributed by atoms with Crippen molar-refractivity contribution in [2.75, 3.05) is 6.26 Å². The molecule has 0 aromatic heterocycles. The fourth-order valence-electron chi connectivity index (χ4n) is 0.399. The van der Waals surface area contributed by atoms with Crippen LogP contribution in [0, 0.1) is 0 Å². The highest BCUT2D eigenvalue weighted by Gasteiger charge is 1.94. The summed E-state index contributed by atoms with van der Waals surface area (Å²) in [7, 11) is 0. The molecule has 0 spiro atoms. The van der Waals surface area contributed by atoms with Crippen molar-refractivity contribution in [2.24, 2.45) is 0 Å². The summed E-state index contributed by atoms with van der Waals surface area (Å²) in [6.07, 6.45) is 8.14. The third-order valence-corrected chi connectivity index (χ3v) is 2.54. The first-order valence-electron chi connectivity index (χ1n) is 2.27. The summed E-state index contributed by atoms with van der Waals surface area (Å²) in [5.41, 5.74) is 0. The van der Waals surface area contributed by atoms with E-state index in [2.05, 4.69) is 15.4 Å². The van der Waals surface area contributed by atoms with Gasteiger partial charge in [0.15, 0.2) is 0 Å². The van der Waals surface area contributed by atoms with E-state index in [9.17, 15) is 0 Å². The molecule has 0 N–H and O–H groups in total. The zero-order chi connectivity index (χ0) is 5.82. The van der Waals surface area contributed by atoms with Crippen LogP contribution in [0.4, 0.5) is 0 Å². The Hall–Kier alpha value is -0.0200. The first-order chi connectivity index (χ1) is 3.93. The van der Waals surface area contributed by atoms with Crippen LogP contribution in [0.25, 0.3) is 0 Å². The predicted octanol–water partition coefficient (Wildman–Crippen LogP) is 2.26. The first-order valence-corrected chi connectivity index (χ1v) is 4.29. The van der Waals surface area contributed by atoms with E-state index in [4.69, 9.17) is 0 Å². The molecule has 0 bridgehead atoms. The maximum atomic E-state index is 2.08. The van der Waals surface area contributed by atoms with Crippen LogP contribution in [-0.2, 0) is 0 Å². The smallest absolute Gasteiger partial charge is 0.0236 e. The molecule has 3 heteroatoms. The van der Waals surface area contributed by atoms with Gasteiger partial charge in [0.25, 0.3) is 0 Å². The van der Waals surface area contributed by atoms with Crippen molar-refractivity contribution in [3.8, 4) is 0 Å². The lowest BCUT2D eigenvalue weighted by Crippen LogP contribution is -1.93. The molecular weight excluding hydrogens is 138 g/mol. The average molecular weight is 145 g/mol. The van der Waals surface area contributed by atoms with E-state index in [1.165, 1.54) is 0 Å². The molecule has 0 saturated carbocycles. The highest BCUT2D eigenvalue weighted by Crippen LogP contribution is 2.23. The minimum absolute atomic E-state index is 1.69. The van der Waals surface area contributed by atoms with Crippen molar-refractivity contribution in [3.63, 3.8) is 0 Å². The van der Waals surface area contributed by atoms with Crippen molar-refractivity contribution in [1.29, 1.82) is 0 Å². The van der Waals surface area contributed by atoms with Crippen molar-refractivity contribution in [1.82, 2.24) is 3.71 Å². The van der Waals surface area contributed by atoms with Crippen molar-refractivity contribution < 1.29 is 0 Å². The lowest BCUT2D eigenvalue weighted by molar-refractivity contribution is 1.05. The van der Waals surface area contributed by atoms with Crippen molar-refractivity contribution >= 4 is 23.9 Å². The van der Waals surface area contributed by atoms with Gasteiger partial charge in [-0.05, 0) is 35.4 Å².